The van der Waals surface area contributed by atoms with E-state index in [2.05, 4.69) is 16.5 Å². The Kier molecular flexibility index (Phi) is 6.69. The molecule has 3 aromatic rings. The van der Waals surface area contributed by atoms with Gasteiger partial charge in [-0.05, 0) is 64.7 Å². The highest BCUT2D eigenvalue weighted by Crippen LogP contribution is 2.37. The number of carbonyl (C=O) groups excluding carboxylic acids is 1. The lowest BCUT2D eigenvalue weighted by Gasteiger charge is -2.30. The quantitative estimate of drug-likeness (QED) is 0.502. The Balaban J connectivity index is 1.87. The smallest absolute Gasteiger partial charge is 0.420 e. The van der Waals surface area contributed by atoms with Gasteiger partial charge in [0.05, 0.1) is 28.1 Å². The molecule has 1 saturated carbocycles. The van der Waals surface area contributed by atoms with Crippen LogP contribution in [0.3, 0.4) is 0 Å². The van der Waals surface area contributed by atoms with Gasteiger partial charge < -0.3 is 15.8 Å². The number of nitrogens with one attached hydrogen (secondary N) is 1. The standard InChI is InChI=1S/C25H29ClN6O2/c1-25(2,3)34-24(33)31(22-7-5-4-6-19(22)26)23-14-20(30-17-10-8-16(28)9-11-17)18(15-27)21-12-13-29-32(21)23/h4-7,12-14,16-17,30H,8-11,28H2,1-3H3. The summed E-state index contributed by atoms with van der Waals surface area (Å²) < 4.78 is 7.30. The number of hydrogen-bond donors (Lipinski definition) is 2. The van der Waals surface area contributed by atoms with Crippen molar-refractivity contribution < 1.29 is 9.53 Å². The Bertz CT molecular complexity index is 1230. The van der Waals surface area contributed by atoms with Gasteiger partial charge in [0.25, 0.3) is 0 Å². The van der Waals surface area contributed by atoms with Crippen LogP contribution in [0.5, 0.6) is 0 Å². The Morgan fingerprint density at radius 2 is 1.97 bits per heavy atom. The fourth-order valence-electron chi connectivity index (χ4n) is 4.21. The molecule has 9 heteroatoms. The summed E-state index contributed by atoms with van der Waals surface area (Å²) in [6, 6.07) is 13.3. The average Bonchev–Trinajstić information content (AvgIpc) is 3.25. The molecule has 34 heavy (non-hydrogen) atoms. The molecule has 1 aliphatic carbocycles. The second-order valence-electron chi connectivity index (χ2n) is 9.55. The zero-order chi connectivity index (χ0) is 24.5. The number of nitrogens with zero attached hydrogens (tertiary/aromatic N) is 4. The molecule has 0 spiro atoms. The second-order valence-corrected chi connectivity index (χ2v) is 9.96. The number of ether oxygens (including phenoxy) is 1. The molecular weight excluding hydrogens is 452 g/mol. The van der Waals surface area contributed by atoms with Crippen molar-refractivity contribution in [1.29, 1.82) is 5.26 Å². The zero-order valence-corrected chi connectivity index (χ0v) is 20.3. The lowest BCUT2D eigenvalue weighted by atomic mass is 9.91. The molecule has 0 saturated heterocycles. The predicted molar refractivity (Wildman–Crippen MR) is 134 cm³/mol. The molecule has 3 N–H and O–H groups in total. The van der Waals surface area contributed by atoms with E-state index in [-0.39, 0.29) is 12.1 Å². The summed E-state index contributed by atoms with van der Waals surface area (Å²) in [5, 5.41) is 18.3. The molecule has 0 radical (unpaired) electrons. The Morgan fingerprint density at radius 1 is 1.26 bits per heavy atom. The van der Waals surface area contributed by atoms with Crippen LogP contribution in [-0.2, 0) is 4.74 Å². The lowest BCUT2D eigenvalue weighted by molar-refractivity contribution is 0.0597. The number of hydrogen-bond acceptors (Lipinski definition) is 6. The molecule has 8 nitrogen and oxygen atoms in total. The molecule has 1 aliphatic rings. The normalized spacial score (nSPS) is 18.4. The molecule has 1 amide bonds. The van der Waals surface area contributed by atoms with E-state index < -0.39 is 11.7 Å². The van der Waals surface area contributed by atoms with Crippen molar-refractivity contribution >= 4 is 40.4 Å². The van der Waals surface area contributed by atoms with Crippen molar-refractivity contribution in [2.75, 3.05) is 10.2 Å². The number of aromatic nitrogens is 2. The third-order valence-corrected chi connectivity index (χ3v) is 6.12. The molecule has 0 atom stereocenters. The maximum Gasteiger partial charge on any atom is 0.420 e. The van der Waals surface area contributed by atoms with Crippen LogP contribution in [0, 0.1) is 11.3 Å². The highest BCUT2D eigenvalue weighted by atomic mass is 35.5. The number of pyridine rings is 1. The number of anilines is 3. The van der Waals surface area contributed by atoms with Crippen LogP contribution in [0.25, 0.3) is 5.52 Å². The summed E-state index contributed by atoms with van der Waals surface area (Å²) in [6.45, 7) is 5.41. The molecule has 4 rings (SSSR count). The first-order valence-electron chi connectivity index (χ1n) is 11.4. The largest absolute Gasteiger partial charge is 0.443 e. The van der Waals surface area contributed by atoms with E-state index in [1.807, 2.05) is 0 Å². The summed E-state index contributed by atoms with van der Waals surface area (Å²) in [7, 11) is 0. The summed E-state index contributed by atoms with van der Waals surface area (Å²) in [4.78, 5) is 14.9. The summed E-state index contributed by atoms with van der Waals surface area (Å²) in [5.74, 6) is 0.413. The van der Waals surface area contributed by atoms with Crippen LogP contribution < -0.4 is 16.0 Å². The fraction of sp³-hybridized carbons (Fsp3) is 0.400. The Labute approximate surface area is 204 Å². The van der Waals surface area contributed by atoms with E-state index in [1.165, 1.54) is 4.90 Å². The van der Waals surface area contributed by atoms with Gasteiger partial charge in [0.1, 0.15) is 23.1 Å². The van der Waals surface area contributed by atoms with E-state index in [9.17, 15) is 10.1 Å². The van der Waals surface area contributed by atoms with Crippen LogP contribution in [-0.4, -0.2) is 33.4 Å². The average molecular weight is 481 g/mol. The van der Waals surface area contributed by atoms with Crippen molar-refractivity contribution in [3.63, 3.8) is 0 Å². The molecular formula is C25H29ClN6O2. The van der Waals surface area contributed by atoms with E-state index in [0.717, 1.165) is 25.7 Å². The van der Waals surface area contributed by atoms with Crippen molar-refractivity contribution in [3.8, 4) is 6.07 Å². The first kappa shape index (κ1) is 23.9. The van der Waals surface area contributed by atoms with Gasteiger partial charge in [0.2, 0.25) is 0 Å². The Morgan fingerprint density at radius 3 is 2.62 bits per heavy atom. The number of para-hydroxylation sites is 1. The molecule has 1 aromatic carbocycles. The van der Waals surface area contributed by atoms with Gasteiger partial charge in [-0.3, -0.25) is 0 Å². The number of fused-ring (bicyclic) bond motifs is 1. The monoisotopic (exact) mass is 480 g/mol. The van der Waals surface area contributed by atoms with Crippen LogP contribution in [0.2, 0.25) is 5.02 Å². The second kappa shape index (κ2) is 9.53. The van der Waals surface area contributed by atoms with Crippen LogP contribution in [0.4, 0.5) is 22.0 Å². The minimum atomic E-state index is -0.728. The highest BCUT2D eigenvalue weighted by molar-refractivity contribution is 6.34. The van der Waals surface area contributed by atoms with E-state index >= 15 is 0 Å². The van der Waals surface area contributed by atoms with Gasteiger partial charge in [-0.25, -0.2) is 14.2 Å². The number of carbonyl (C=O) groups is 1. The predicted octanol–water partition coefficient (Wildman–Crippen LogP) is 5.61. The topological polar surface area (TPSA) is 109 Å². The van der Waals surface area contributed by atoms with Gasteiger partial charge in [0.15, 0.2) is 0 Å². The number of rotatable bonds is 4. The molecule has 0 aliphatic heterocycles. The molecule has 2 heterocycles. The lowest BCUT2D eigenvalue weighted by Crippen LogP contribution is -2.35. The minimum absolute atomic E-state index is 0.181. The number of benzene rings is 1. The summed E-state index contributed by atoms with van der Waals surface area (Å²) in [6.07, 6.45) is 4.66. The van der Waals surface area contributed by atoms with Crippen molar-refractivity contribution in [2.24, 2.45) is 5.73 Å². The van der Waals surface area contributed by atoms with Crippen LogP contribution in [0.15, 0.2) is 42.6 Å². The Hall–Kier alpha value is -3.28. The van der Waals surface area contributed by atoms with Crippen molar-refractivity contribution in [2.45, 2.75) is 64.1 Å². The SMILES string of the molecule is CC(C)(C)OC(=O)N(c1ccccc1Cl)c1cc(NC2CCC(N)CC2)c(C#N)c2ccnn12. The third-order valence-electron chi connectivity index (χ3n) is 5.80. The van der Waals surface area contributed by atoms with Crippen LogP contribution in [0.1, 0.15) is 52.0 Å². The fourth-order valence-corrected chi connectivity index (χ4v) is 4.43. The highest BCUT2D eigenvalue weighted by Gasteiger charge is 2.30. The maximum atomic E-state index is 13.5. The molecule has 0 bridgehead atoms. The first-order valence-corrected chi connectivity index (χ1v) is 11.8. The molecule has 2 aromatic heterocycles. The molecule has 1 fully saturated rings. The first-order chi connectivity index (χ1) is 16.2. The van der Waals surface area contributed by atoms with Crippen LogP contribution >= 0.6 is 11.6 Å². The van der Waals surface area contributed by atoms with E-state index in [0.29, 0.717) is 33.3 Å². The third kappa shape index (κ3) is 4.96. The number of amides is 1. The molecule has 0 unspecified atom stereocenters. The van der Waals surface area contributed by atoms with Gasteiger partial charge in [0, 0.05) is 18.2 Å². The van der Waals surface area contributed by atoms with Crippen molar-refractivity contribution in [1.82, 2.24) is 9.61 Å². The number of nitriles is 1. The van der Waals surface area contributed by atoms with Gasteiger partial charge in [-0.1, -0.05) is 23.7 Å². The number of halogens is 1. The van der Waals surface area contributed by atoms with Crippen molar-refractivity contribution in [3.05, 3.63) is 53.2 Å². The van der Waals surface area contributed by atoms with Gasteiger partial charge in [-0.15, -0.1) is 0 Å². The summed E-state index contributed by atoms with van der Waals surface area (Å²) in [5.41, 5.74) is 7.46. The van der Waals surface area contributed by atoms with E-state index in [4.69, 9.17) is 22.1 Å². The minimum Gasteiger partial charge on any atom is -0.443 e. The van der Waals surface area contributed by atoms with E-state index in [1.54, 1.807) is 67.9 Å². The number of nitrogens with two attached hydrogens (primary N) is 1. The van der Waals surface area contributed by atoms with Gasteiger partial charge >= 0.3 is 6.09 Å². The zero-order valence-electron chi connectivity index (χ0n) is 19.6. The maximum absolute atomic E-state index is 13.5. The van der Waals surface area contributed by atoms with Gasteiger partial charge in [-0.2, -0.15) is 10.4 Å². The summed E-state index contributed by atoms with van der Waals surface area (Å²) >= 11 is 6.52. The molecule has 178 valence electrons.